The molecule has 1 aliphatic heterocycles. The highest BCUT2D eigenvalue weighted by Gasteiger charge is 2.31. The van der Waals surface area contributed by atoms with E-state index < -0.39 is 10.0 Å². The van der Waals surface area contributed by atoms with E-state index in [2.05, 4.69) is 0 Å². The molecular weight excluding hydrogens is 272 g/mol. The van der Waals surface area contributed by atoms with Gasteiger partial charge in [0.15, 0.2) is 0 Å². The molecule has 0 radical (unpaired) electrons. The summed E-state index contributed by atoms with van der Waals surface area (Å²) in [4.78, 5) is 0.369. The van der Waals surface area contributed by atoms with Crippen molar-refractivity contribution in [2.45, 2.75) is 11.3 Å². The first-order valence-electron chi connectivity index (χ1n) is 6.80. The maximum atomic E-state index is 12.6. The van der Waals surface area contributed by atoms with Crippen molar-refractivity contribution in [3.8, 4) is 0 Å². The fraction of sp³-hybridized carbons (Fsp3) is 0.333. The van der Waals surface area contributed by atoms with Crippen LogP contribution in [0.25, 0.3) is 10.8 Å². The van der Waals surface area contributed by atoms with Crippen molar-refractivity contribution >= 4 is 20.8 Å². The first-order valence-corrected chi connectivity index (χ1v) is 8.24. The predicted octanol–water partition coefficient (Wildman–Crippen LogP) is 1.81. The first kappa shape index (κ1) is 13.5. The summed E-state index contributed by atoms with van der Waals surface area (Å²) < 4.78 is 26.8. The molecule has 1 unspecified atom stereocenters. The van der Waals surface area contributed by atoms with Gasteiger partial charge >= 0.3 is 0 Å². The van der Waals surface area contributed by atoms with Gasteiger partial charge in [0.25, 0.3) is 0 Å². The van der Waals surface area contributed by atoms with Crippen molar-refractivity contribution in [3.05, 3.63) is 42.5 Å². The van der Waals surface area contributed by atoms with Gasteiger partial charge in [-0.25, -0.2) is 8.42 Å². The molecule has 1 heterocycles. The Balaban J connectivity index is 1.97. The zero-order valence-corrected chi connectivity index (χ0v) is 12.0. The molecular formula is C15H18N2O2S. The van der Waals surface area contributed by atoms with Crippen molar-refractivity contribution in [2.24, 2.45) is 11.7 Å². The number of rotatable bonds is 3. The summed E-state index contributed by atoms with van der Waals surface area (Å²) in [5.41, 5.74) is 5.63. The summed E-state index contributed by atoms with van der Waals surface area (Å²) in [5, 5.41) is 2.00. The van der Waals surface area contributed by atoms with Gasteiger partial charge in [0, 0.05) is 13.1 Å². The van der Waals surface area contributed by atoms with Gasteiger partial charge in [0.1, 0.15) is 0 Å². The van der Waals surface area contributed by atoms with E-state index in [4.69, 9.17) is 5.73 Å². The molecule has 0 spiro atoms. The van der Waals surface area contributed by atoms with E-state index in [9.17, 15) is 8.42 Å². The second-order valence-electron chi connectivity index (χ2n) is 5.26. The lowest BCUT2D eigenvalue weighted by atomic mass is 10.1. The van der Waals surface area contributed by atoms with Gasteiger partial charge in [0.05, 0.1) is 4.90 Å². The molecule has 0 aliphatic carbocycles. The predicted molar refractivity (Wildman–Crippen MR) is 79.9 cm³/mol. The number of benzene rings is 2. The molecule has 5 heteroatoms. The van der Waals surface area contributed by atoms with Gasteiger partial charge in [-0.2, -0.15) is 4.31 Å². The lowest BCUT2D eigenvalue weighted by Gasteiger charge is -2.16. The van der Waals surface area contributed by atoms with Crippen LogP contribution in [0.2, 0.25) is 0 Å². The third kappa shape index (κ3) is 2.32. The highest BCUT2D eigenvalue weighted by atomic mass is 32.2. The molecule has 3 rings (SSSR count). The molecule has 20 heavy (non-hydrogen) atoms. The van der Waals surface area contributed by atoms with E-state index in [-0.39, 0.29) is 5.92 Å². The summed E-state index contributed by atoms with van der Waals surface area (Å²) >= 11 is 0. The van der Waals surface area contributed by atoms with E-state index in [1.807, 2.05) is 30.3 Å². The Kier molecular flexibility index (Phi) is 3.50. The van der Waals surface area contributed by atoms with E-state index in [1.165, 1.54) is 0 Å². The Labute approximate surface area is 119 Å². The van der Waals surface area contributed by atoms with Crippen molar-refractivity contribution < 1.29 is 8.42 Å². The second-order valence-corrected chi connectivity index (χ2v) is 7.20. The molecule has 106 valence electrons. The normalized spacial score (nSPS) is 20.6. The molecule has 0 bridgehead atoms. The number of hydrogen-bond donors (Lipinski definition) is 1. The van der Waals surface area contributed by atoms with Gasteiger partial charge in [0.2, 0.25) is 10.0 Å². The Hall–Kier alpha value is -1.43. The first-order chi connectivity index (χ1) is 9.61. The quantitative estimate of drug-likeness (QED) is 0.937. The monoisotopic (exact) mass is 290 g/mol. The van der Waals surface area contributed by atoms with E-state index in [0.717, 1.165) is 17.2 Å². The van der Waals surface area contributed by atoms with Crippen LogP contribution in [0.1, 0.15) is 6.42 Å². The Morgan fingerprint density at radius 1 is 1.15 bits per heavy atom. The SMILES string of the molecule is NCC1CCN(S(=O)(=O)c2ccc3ccccc3c2)C1. The highest BCUT2D eigenvalue weighted by molar-refractivity contribution is 7.89. The third-order valence-corrected chi connectivity index (χ3v) is 5.80. The number of nitrogens with two attached hydrogens (primary N) is 1. The summed E-state index contributed by atoms with van der Waals surface area (Å²) in [5.74, 6) is 0.283. The Morgan fingerprint density at radius 3 is 2.60 bits per heavy atom. The summed E-state index contributed by atoms with van der Waals surface area (Å²) in [7, 11) is -3.40. The standard InChI is InChI=1S/C15H18N2O2S/c16-10-12-7-8-17(11-12)20(18,19)15-6-5-13-3-1-2-4-14(13)9-15/h1-6,9,12H,7-8,10-11,16H2. The van der Waals surface area contributed by atoms with Crippen molar-refractivity contribution in [3.63, 3.8) is 0 Å². The maximum absolute atomic E-state index is 12.6. The largest absolute Gasteiger partial charge is 0.330 e. The Morgan fingerprint density at radius 2 is 1.90 bits per heavy atom. The average Bonchev–Trinajstić information content (AvgIpc) is 2.96. The molecule has 2 N–H and O–H groups in total. The van der Waals surface area contributed by atoms with Gasteiger partial charge in [-0.3, -0.25) is 0 Å². The van der Waals surface area contributed by atoms with Gasteiger partial charge < -0.3 is 5.73 Å². The average molecular weight is 290 g/mol. The van der Waals surface area contributed by atoms with Crippen LogP contribution in [0.3, 0.4) is 0 Å². The van der Waals surface area contributed by atoms with Crippen LogP contribution in [0.15, 0.2) is 47.4 Å². The molecule has 2 aromatic carbocycles. The molecule has 1 aliphatic rings. The molecule has 0 amide bonds. The molecule has 4 nitrogen and oxygen atoms in total. The number of hydrogen-bond acceptors (Lipinski definition) is 3. The molecule has 1 atom stereocenters. The van der Waals surface area contributed by atoms with Gasteiger partial charge in [-0.1, -0.05) is 30.3 Å². The highest BCUT2D eigenvalue weighted by Crippen LogP contribution is 2.26. The smallest absolute Gasteiger partial charge is 0.243 e. The van der Waals surface area contributed by atoms with Crippen LogP contribution in [0.5, 0.6) is 0 Å². The second kappa shape index (κ2) is 5.16. The minimum absolute atomic E-state index is 0.283. The zero-order chi connectivity index (χ0) is 14.2. The molecule has 0 saturated carbocycles. The molecule has 1 fully saturated rings. The summed E-state index contributed by atoms with van der Waals surface area (Å²) in [6, 6.07) is 13.1. The van der Waals surface area contributed by atoms with E-state index in [1.54, 1.807) is 16.4 Å². The van der Waals surface area contributed by atoms with Crippen LogP contribution in [0, 0.1) is 5.92 Å². The van der Waals surface area contributed by atoms with E-state index >= 15 is 0 Å². The van der Waals surface area contributed by atoms with E-state index in [0.29, 0.717) is 24.5 Å². The number of nitrogens with zero attached hydrogens (tertiary/aromatic N) is 1. The number of fused-ring (bicyclic) bond motifs is 1. The third-order valence-electron chi connectivity index (χ3n) is 3.94. The fourth-order valence-corrected chi connectivity index (χ4v) is 4.25. The molecule has 1 saturated heterocycles. The fourth-order valence-electron chi connectivity index (χ4n) is 2.68. The van der Waals surface area contributed by atoms with Crippen LogP contribution in [0.4, 0.5) is 0 Å². The van der Waals surface area contributed by atoms with Crippen molar-refractivity contribution in [1.82, 2.24) is 4.31 Å². The summed E-state index contributed by atoms with van der Waals surface area (Å²) in [6.07, 6.45) is 0.851. The van der Waals surface area contributed by atoms with Crippen molar-refractivity contribution in [2.75, 3.05) is 19.6 Å². The van der Waals surface area contributed by atoms with Gasteiger partial charge in [-0.05, 0) is 41.8 Å². The maximum Gasteiger partial charge on any atom is 0.243 e. The van der Waals surface area contributed by atoms with Crippen LogP contribution in [-0.2, 0) is 10.0 Å². The molecule has 0 aromatic heterocycles. The number of sulfonamides is 1. The lowest BCUT2D eigenvalue weighted by molar-refractivity contribution is 0.459. The van der Waals surface area contributed by atoms with Crippen LogP contribution >= 0.6 is 0 Å². The minimum atomic E-state index is -3.40. The van der Waals surface area contributed by atoms with Gasteiger partial charge in [-0.15, -0.1) is 0 Å². The lowest BCUT2D eigenvalue weighted by Crippen LogP contribution is -2.30. The van der Waals surface area contributed by atoms with Crippen LogP contribution in [-0.4, -0.2) is 32.4 Å². The Bertz CT molecular complexity index is 727. The zero-order valence-electron chi connectivity index (χ0n) is 11.2. The molecule has 2 aromatic rings. The van der Waals surface area contributed by atoms with Crippen LogP contribution < -0.4 is 5.73 Å². The van der Waals surface area contributed by atoms with Crippen molar-refractivity contribution in [1.29, 1.82) is 0 Å². The topological polar surface area (TPSA) is 63.4 Å². The minimum Gasteiger partial charge on any atom is -0.330 e. The summed E-state index contributed by atoms with van der Waals surface area (Å²) in [6.45, 7) is 1.65.